The molecule has 0 spiro atoms. The van der Waals surface area contributed by atoms with E-state index in [-0.39, 0.29) is 12.4 Å². The van der Waals surface area contributed by atoms with Gasteiger partial charge in [-0.05, 0) is 31.2 Å². The lowest BCUT2D eigenvalue weighted by atomic mass is 10.1. The lowest BCUT2D eigenvalue weighted by Gasteiger charge is -2.07. The monoisotopic (exact) mass is 361 g/mol. The zero-order valence-corrected chi connectivity index (χ0v) is 14.8. The number of ether oxygens (including phenoxy) is 1. The first-order valence-electron chi connectivity index (χ1n) is 7.61. The Balaban J connectivity index is 0.000000435. The molecule has 1 N–H and O–H groups in total. The molecule has 0 saturated carbocycles. The van der Waals surface area contributed by atoms with E-state index < -0.39 is 17.3 Å². The van der Waals surface area contributed by atoms with Crippen molar-refractivity contribution in [2.24, 2.45) is 0 Å². The summed E-state index contributed by atoms with van der Waals surface area (Å²) in [4.78, 5) is 33.5. The van der Waals surface area contributed by atoms with Crippen LogP contribution in [0.1, 0.15) is 24.2 Å². The maximum Gasteiger partial charge on any atom is 0.303 e. The molecule has 1 atom stereocenters. The van der Waals surface area contributed by atoms with Crippen LogP contribution in [0.5, 0.6) is 0 Å². The Morgan fingerprint density at radius 2 is 1.48 bits per heavy atom. The van der Waals surface area contributed by atoms with Crippen LogP contribution in [-0.2, 0) is 14.3 Å². The Morgan fingerprint density at radius 3 is 1.88 bits per heavy atom. The van der Waals surface area contributed by atoms with Crippen molar-refractivity contribution in [3.8, 4) is 0 Å². The van der Waals surface area contributed by atoms with Crippen LogP contribution in [0.4, 0.5) is 5.69 Å². The molecule has 2 rings (SSSR count). The van der Waals surface area contributed by atoms with Gasteiger partial charge in [-0.1, -0.05) is 36.4 Å². The van der Waals surface area contributed by atoms with E-state index in [0.717, 1.165) is 0 Å². The van der Waals surface area contributed by atoms with Gasteiger partial charge in [0.2, 0.25) is 0 Å². The van der Waals surface area contributed by atoms with E-state index >= 15 is 0 Å². The minimum absolute atomic E-state index is 0.181. The molecule has 0 heterocycles. The summed E-state index contributed by atoms with van der Waals surface area (Å²) in [5, 5.41) is 1.94. The number of esters is 1. The number of Topliss-reactive ketones (excluding diaryl/α,β-unsaturated/α-hetero) is 1. The molecule has 0 saturated heterocycles. The van der Waals surface area contributed by atoms with E-state index in [9.17, 15) is 14.4 Å². The Morgan fingerprint density at radius 1 is 1.00 bits per heavy atom. The van der Waals surface area contributed by atoms with Crippen LogP contribution in [0, 0.1) is 0 Å². The molecule has 2 aromatic rings. The highest BCUT2D eigenvalue weighted by molar-refractivity contribution is 6.33. The average molecular weight is 362 g/mol. The second kappa shape index (κ2) is 11.0. The molecular formula is C19H20ClNO4. The second-order valence-corrected chi connectivity index (χ2v) is 5.70. The molecule has 0 aromatic heterocycles. The summed E-state index contributed by atoms with van der Waals surface area (Å²) >= 11 is 5.69. The van der Waals surface area contributed by atoms with Gasteiger partial charge in [0.05, 0.1) is 5.38 Å². The maximum atomic E-state index is 11.6. The first-order chi connectivity index (χ1) is 11.9. The van der Waals surface area contributed by atoms with Crippen molar-refractivity contribution in [3.63, 3.8) is 0 Å². The number of rotatable bonds is 5. The first kappa shape index (κ1) is 20.4. The summed E-state index contributed by atoms with van der Waals surface area (Å²) in [6.45, 7) is 2.48. The Hall–Kier alpha value is -2.66. The molecule has 0 aliphatic rings. The fourth-order valence-corrected chi connectivity index (χ4v) is 1.82. The van der Waals surface area contributed by atoms with E-state index in [1.807, 2.05) is 36.4 Å². The summed E-state index contributed by atoms with van der Waals surface area (Å²) in [6, 6.07) is 18.3. The quantitative estimate of drug-likeness (QED) is 0.501. The second-order valence-electron chi connectivity index (χ2n) is 5.04. The number of benzene rings is 2. The number of amides is 1. The number of hydrogen-bond acceptors (Lipinski definition) is 4. The highest BCUT2D eigenvalue weighted by atomic mass is 35.5. The maximum absolute atomic E-state index is 11.6. The molecule has 25 heavy (non-hydrogen) atoms. The van der Waals surface area contributed by atoms with Gasteiger partial charge in [0.15, 0.2) is 12.4 Å². The molecule has 0 aliphatic carbocycles. The SMILES string of the molecule is CC(=O)OCC(=O)Nc1ccc(C(=O)C(C)Cl)cc1.c1ccccc1. The van der Waals surface area contributed by atoms with Crippen LogP contribution in [0.15, 0.2) is 60.7 Å². The minimum atomic E-state index is -0.593. The molecule has 6 heteroatoms. The third kappa shape index (κ3) is 8.67. The Labute approximate surface area is 152 Å². The third-order valence-corrected chi connectivity index (χ3v) is 3.09. The minimum Gasteiger partial charge on any atom is -0.456 e. The summed E-state index contributed by atoms with van der Waals surface area (Å²) in [7, 11) is 0. The molecular weight excluding hydrogens is 342 g/mol. The van der Waals surface area contributed by atoms with Crippen LogP contribution in [0.3, 0.4) is 0 Å². The smallest absolute Gasteiger partial charge is 0.303 e. The highest BCUT2D eigenvalue weighted by Crippen LogP contribution is 2.13. The molecule has 132 valence electrons. The zero-order chi connectivity index (χ0) is 18.7. The van der Waals surface area contributed by atoms with Crippen molar-refractivity contribution < 1.29 is 19.1 Å². The Kier molecular flexibility index (Phi) is 8.96. The summed E-state index contributed by atoms with van der Waals surface area (Å²) in [5.74, 6) is -1.15. The first-order valence-corrected chi connectivity index (χ1v) is 8.05. The predicted octanol–water partition coefficient (Wildman–Crippen LogP) is 3.68. The van der Waals surface area contributed by atoms with Gasteiger partial charge in [0.25, 0.3) is 5.91 Å². The number of anilines is 1. The average Bonchev–Trinajstić information content (AvgIpc) is 2.62. The summed E-state index contributed by atoms with van der Waals surface area (Å²) < 4.78 is 4.55. The van der Waals surface area contributed by atoms with Gasteiger partial charge < -0.3 is 10.1 Å². The molecule has 0 fully saturated rings. The summed E-state index contributed by atoms with van der Waals surface area (Å²) in [6.07, 6.45) is 0. The van der Waals surface area contributed by atoms with Crippen LogP contribution in [-0.4, -0.2) is 29.6 Å². The molecule has 1 unspecified atom stereocenters. The van der Waals surface area contributed by atoms with Crippen molar-refractivity contribution in [2.75, 3.05) is 11.9 Å². The van der Waals surface area contributed by atoms with E-state index in [4.69, 9.17) is 11.6 Å². The zero-order valence-electron chi connectivity index (χ0n) is 14.1. The predicted molar refractivity (Wildman–Crippen MR) is 97.8 cm³/mol. The lowest BCUT2D eigenvalue weighted by Crippen LogP contribution is -2.19. The standard InChI is InChI=1S/C13H14ClNO4.C6H6/c1-8(14)13(18)10-3-5-11(6-4-10)15-12(17)7-19-9(2)16;1-2-4-6-5-3-1/h3-6,8H,7H2,1-2H3,(H,15,17);1-6H. The van der Waals surface area contributed by atoms with E-state index in [2.05, 4.69) is 10.1 Å². The molecule has 5 nitrogen and oxygen atoms in total. The van der Waals surface area contributed by atoms with E-state index in [0.29, 0.717) is 11.3 Å². The molecule has 0 bridgehead atoms. The van der Waals surface area contributed by atoms with Gasteiger partial charge in [-0.15, -0.1) is 11.6 Å². The van der Waals surface area contributed by atoms with Gasteiger partial charge >= 0.3 is 5.97 Å². The third-order valence-electron chi connectivity index (χ3n) is 2.89. The number of carbonyl (C=O) groups excluding carboxylic acids is 3. The fraction of sp³-hybridized carbons (Fsp3) is 0.211. The highest BCUT2D eigenvalue weighted by Gasteiger charge is 2.12. The van der Waals surface area contributed by atoms with Crippen LogP contribution < -0.4 is 5.32 Å². The van der Waals surface area contributed by atoms with Gasteiger partial charge in [0, 0.05) is 18.2 Å². The Bertz CT molecular complexity index is 658. The van der Waals surface area contributed by atoms with E-state index in [1.165, 1.54) is 6.92 Å². The molecule has 0 radical (unpaired) electrons. The summed E-state index contributed by atoms with van der Waals surface area (Å²) in [5.41, 5.74) is 0.983. The van der Waals surface area contributed by atoms with Crippen molar-refractivity contribution >= 4 is 34.9 Å². The number of hydrogen-bond donors (Lipinski definition) is 1. The van der Waals surface area contributed by atoms with Crippen LogP contribution in [0.25, 0.3) is 0 Å². The molecule has 2 aromatic carbocycles. The van der Waals surface area contributed by atoms with Gasteiger partial charge in [-0.3, -0.25) is 14.4 Å². The molecule has 1 amide bonds. The lowest BCUT2D eigenvalue weighted by molar-refractivity contribution is -0.144. The fourth-order valence-electron chi connectivity index (χ4n) is 1.70. The van der Waals surface area contributed by atoms with Crippen LogP contribution in [0.2, 0.25) is 0 Å². The topological polar surface area (TPSA) is 72.5 Å². The number of nitrogens with one attached hydrogen (secondary N) is 1. The van der Waals surface area contributed by atoms with Gasteiger partial charge in [-0.2, -0.15) is 0 Å². The normalized spacial score (nSPS) is 10.7. The van der Waals surface area contributed by atoms with Crippen molar-refractivity contribution in [1.82, 2.24) is 0 Å². The molecule has 0 aliphatic heterocycles. The largest absolute Gasteiger partial charge is 0.456 e. The van der Waals surface area contributed by atoms with Crippen molar-refractivity contribution in [3.05, 3.63) is 66.2 Å². The van der Waals surface area contributed by atoms with Gasteiger partial charge in [-0.25, -0.2) is 0 Å². The van der Waals surface area contributed by atoms with Crippen molar-refractivity contribution in [2.45, 2.75) is 19.2 Å². The number of ketones is 1. The number of halogens is 1. The van der Waals surface area contributed by atoms with Crippen LogP contribution >= 0.6 is 11.6 Å². The van der Waals surface area contributed by atoms with Gasteiger partial charge in [0.1, 0.15) is 0 Å². The van der Waals surface area contributed by atoms with Crippen molar-refractivity contribution in [1.29, 1.82) is 0 Å². The van der Waals surface area contributed by atoms with E-state index in [1.54, 1.807) is 31.2 Å². The number of alkyl halides is 1. The number of carbonyl (C=O) groups is 3.